The molecule has 4 aromatic rings. The Bertz CT molecular complexity index is 1060. The number of halogens is 1. The van der Waals surface area contributed by atoms with Crippen molar-refractivity contribution >= 4 is 34.1 Å². The van der Waals surface area contributed by atoms with Crippen LogP contribution in [0.2, 0.25) is 5.02 Å². The third-order valence-electron chi connectivity index (χ3n) is 3.90. The van der Waals surface area contributed by atoms with Crippen LogP contribution in [0.5, 0.6) is 0 Å². The van der Waals surface area contributed by atoms with Crippen LogP contribution in [0, 0.1) is 0 Å². The van der Waals surface area contributed by atoms with Crippen molar-refractivity contribution in [2.45, 2.75) is 0 Å². The maximum Gasteiger partial charge on any atom is 0.272 e. The summed E-state index contributed by atoms with van der Waals surface area (Å²) in [7, 11) is 0. The zero-order chi connectivity index (χ0) is 17.2. The minimum atomic E-state index is -0.218. The Morgan fingerprint density at radius 3 is 2.60 bits per heavy atom. The Balaban J connectivity index is 1.82. The Morgan fingerprint density at radius 2 is 1.80 bits per heavy atom. The number of hydrogen-bond donors (Lipinski definition) is 1. The fraction of sp³-hybridized carbons (Fsp3) is 0. The summed E-state index contributed by atoms with van der Waals surface area (Å²) in [6, 6.07) is 22.4. The number of benzene rings is 2. The van der Waals surface area contributed by atoms with Crippen LogP contribution in [0.4, 0.5) is 5.69 Å². The van der Waals surface area contributed by atoms with Gasteiger partial charge >= 0.3 is 0 Å². The van der Waals surface area contributed by atoms with Gasteiger partial charge in [-0.2, -0.15) is 0 Å². The minimum absolute atomic E-state index is 0.218. The Labute approximate surface area is 149 Å². The van der Waals surface area contributed by atoms with Crippen molar-refractivity contribution < 1.29 is 4.79 Å². The number of nitrogens with one attached hydrogen (secondary N) is 1. The highest BCUT2D eigenvalue weighted by Crippen LogP contribution is 2.24. The van der Waals surface area contributed by atoms with Crippen molar-refractivity contribution in [1.82, 2.24) is 9.55 Å². The predicted molar refractivity (Wildman–Crippen MR) is 100 cm³/mol. The summed E-state index contributed by atoms with van der Waals surface area (Å²) in [5.41, 5.74) is 2.09. The Hall–Kier alpha value is -3.11. The van der Waals surface area contributed by atoms with Crippen molar-refractivity contribution in [1.29, 1.82) is 0 Å². The van der Waals surface area contributed by atoms with E-state index in [4.69, 9.17) is 11.6 Å². The quantitative estimate of drug-likeness (QED) is 0.571. The Morgan fingerprint density at radius 1 is 0.960 bits per heavy atom. The number of anilines is 1. The maximum atomic E-state index is 12.9. The van der Waals surface area contributed by atoms with Crippen LogP contribution in [-0.4, -0.2) is 15.5 Å². The number of nitrogens with zero attached hydrogens (tertiary/aromatic N) is 2. The van der Waals surface area contributed by atoms with Crippen LogP contribution in [0.25, 0.3) is 16.7 Å². The second-order valence-corrected chi connectivity index (χ2v) is 6.01. The van der Waals surface area contributed by atoms with E-state index in [9.17, 15) is 4.79 Å². The fourth-order valence-electron chi connectivity index (χ4n) is 2.82. The second-order valence-electron chi connectivity index (χ2n) is 5.58. The molecule has 1 amide bonds. The van der Waals surface area contributed by atoms with E-state index in [0.29, 0.717) is 22.2 Å². The molecule has 2 aromatic heterocycles. The lowest BCUT2D eigenvalue weighted by Gasteiger charge is -2.10. The summed E-state index contributed by atoms with van der Waals surface area (Å²) in [5, 5.41) is 4.45. The number of rotatable bonds is 3. The van der Waals surface area contributed by atoms with Crippen LogP contribution < -0.4 is 5.32 Å². The molecule has 1 N–H and O–H groups in total. The van der Waals surface area contributed by atoms with E-state index in [1.807, 2.05) is 53.1 Å². The first-order valence-electron chi connectivity index (χ1n) is 7.81. The maximum absolute atomic E-state index is 12.9. The van der Waals surface area contributed by atoms with Gasteiger partial charge in [-0.15, -0.1) is 0 Å². The van der Waals surface area contributed by atoms with E-state index in [0.717, 1.165) is 10.9 Å². The van der Waals surface area contributed by atoms with Gasteiger partial charge in [-0.1, -0.05) is 41.9 Å². The standard InChI is InChI=1S/C20H14ClN3O/c21-15-7-5-8-16(13-15)23-20(25)18-12-14-6-1-2-9-17(14)24(18)19-10-3-4-11-22-19/h1-13H,(H,23,25). The molecule has 0 spiro atoms. The molecule has 2 aromatic carbocycles. The van der Waals surface area contributed by atoms with Gasteiger partial charge < -0.3 is 5.32 Å². The van der Waals surface area contributed by atoms with Gasteiger partial charge in [0.15, 0.2) is 0 Å². The molecular weight excluding hydrogens is 334 g/mol. The third kappa shape index (κ3) is 2.99. The van der Waals surface area contributed by atoms with Crippen LogP contribution >= 0.6 is 11.6 Å². The molecule has 5 heteroatoms. The zero-order valence-electron chi connectivity index (χ0n) is 13.2. The number of carbonyl (C=O) groups excluding carboxylic acids is 1. The average Bonchev–Trinajstić information content (AvgIpc) is 3.02. The highest BCUT2D eigenvalue weighted by atomic mass is 35.5. The highest BCUT2D eigenvalue weighted by Gasteiger charge is 2.17. The molecule has 0 aliphatic heterocycles. The summed E-state index contributed by atoms with van der Waals surface area (Å²) < 4.78 is 1.86. The summed E-state index contributed by atoms with van der Waals surface area (Å²) >= 11 is 6.00. The third-order valence-corrected chi connectivity index (χ3v) is 4.14. The summed E-state index contributed by atoms with van der Waals surface area (Å²) in [4.78, 5) is 17.3. The van der Waals surface area contributed by atoms with Crippen molar-refractivity contribution in [2.24, 2.45) is 0 Å². The van der Waals surface area contributed by atoms with Gasteiger partial charge in [-0.3, -0.25) is 9.36 Å². The molecule has 4 nitrogen and oxygen atoms in total. The van der Waals surface area contributed by atoms with Crippen molar-refractivity contribution in [2.75, 3.05) is 5.32 Å². The molecule has 4 rings (SSSR count). The van der Waals surface area contributed by atoms with Crippen LogP contribution in [0.3, 0.4) is 0 Å². The number of pyridine rings is 1. The van der Waals surface area contributed by atoms with E-state index < -0.39 is 0 Å². The predicted octanol–water partition coefficient (Wildman–Crippen LogP) is 4.93. The van der Waals surface area contributed by atoms with Crippen molar-refractivity contribution in [3.63, 3.8) is 0 Å². The van der Waals surface area contributed by atoms with Crippen molar-refractivity contribution in [3.05, 3.63) is 89.7 Å². The molecule has 2 heterocycles. The highest BCUT2D eigenvalue weighted by molar-refractivity contribution is 6.31. The normalized spacial score (nSPS) is 10.8. The lowest BCUT2D eigenvalue weighted by atomic mass is 10.2. The molecule has 0 bridgehead atoms. The molecule has 0 radical (unpaired) electrons. The molecule has 0 saturated heterocycles. The fourth-order valence-corrected chi connectivity index (χ4v) is 3.01. The number of amides is 1. The molecule has 0 saturated carbocycles. The van der Waals surface area contributed by atoms with Gasteiger partial charge in [-0.05, 0) is 42.5 Å². The summed E-state index contributed by atoms with van der Waals surface area (Å²) in [6.07, 6.45) is 1.71. The molecule has 0 fully saturated rings. The van der Waals surface area contributed by atoms with Crippen molar-refractivity contribution in [3.8, 4) is 5.82 Å². The molecule has 0 aliphatic rings. The number of para-hydroxylation sites is 1. The van der Waals surface area contributed by atoms with E-state index in [1.54, 1.807) is 30.5 Å². The first-order valence-corrected chi connectivity index (χ1v) is 8.19. The second kappa shape index (κ2) is 6.42. The first kappa shape index (κ1) is 15.4. The minimum Gasteiger partial charge on any atom is -0.321 e. The lowest BCUT2D eigenvalue weighted by molar-refractivity contribution is 0.102. The van der Waals surface area contributed by atoms with Crippen LogP contribution in [0.1, 0.15) is 10.5 Å². The summed E-state index contributed by atoms with van der Waals surface area (Å²) in [6.45, 7) is 0. The van der Waals surface area contributed by atoms with E-state index >= 15 is 0 Å². The van der Waals surface area contributed by atoms with Crippen LogP contribution in [-0.2, 0) is 0 Å². The Kier molecular flexibility index (Phi) is 3.96. The van der Waals surface area contributed by atoms with Gasteiger partial charge in [0.05, 0.1) is 5.52 Å². The zero-order valence-corrected chi connectivity index (χ0v) is 13.9. The van der Waals surface area contributed by atoms with E-state index in [1.165, 1.54) is 0 Å². The summed E-state index contributed by atoms with van der Waals surface area (Å²) in [5.74, 6) is 0.476. The lowest BCUT2D eigenvalue weighted by Crippen LogP contribution is -2.16. The molecule has 0 atom stereocenters. The first-order chi connectivity index (χ1) is 12.2. The molecule has 25 heavy (non-hydrogen) atoms. The topological polar surface area (TPSA) is 46.9 Å². The van der Waals surface area contributed by atoms with Gasteiger partial charge in [0.1, 0.15) is 11.5 Å². The molecule has 122 valence electrons. The smallest absolute Gasteiger partial charge is 0.272 e. The number of carbonyl (C=O) groups is 1. The number of aromatic nitrogens is 2. The monoisotopic (exact) mass is 347 g/mol. The average molecular weight is 348 g/mol. The van der Waals surface area contributed by atoms with Gasteiger partial charge in [0.25, 0.3) is 5.91 Å². The number of hydrogen-bond acceptors (Lipinski definition) is 2. The number of fused-ring (bicyclic) bond motifs is 1. The SMILES string of the molecule is O=C(Nc1cccc(Cl)c1)c1cc2ccccc2n1-c1ccccn1. The van der Waals surface area contributed by atoms with Crippen LogP contribution in [0.15, 0.2) is 79.0 Å². The van der Waals surface area contributed by atoms with Gasteiger partial charge in [-0.25, -0.2) is 4.98 Å². The molecule has 0 aliphatic carbocycles. The van der Waals surface area contributed by atoms with E-state index in [2.05, 4.69) is 10.3 Å². The molecule has 0 unspecified atom stereocenters. The van der Waals surface area contributed by atoms with Gasteiger partial charge in [0.2, 0.25) is 0 Å². The molecular formula is C20H14ClN3O. The largest absolute Gasteiger partial charge is 0.321 e. The van der Waals surface area contributed by atoms with E-state index in [-0.39, 0.29) is 5.91 Å². The van der Waals surface area contributed by atoms with Gasteiger partial charge in [0, 0.05) is 22.3 Å².